The van der Waals surface area contributed by atoms with E-state index in [0.717, 1.165) is 13.4 Å². The smallest absolute Gasteiger partial charge is 0.290 e. The second kappa shape index (κ2) is 14.1. The van der Waals surface area contributed by atoms with Crippen molar-refractivity contribution in [1.29, 1.82) is 0 Å². The van der Waals surface area contributed by atoms with Crippen LogP contribution in [0.2, 0.25) is 0 Å². The Labute approximate surface area is 247 Å². The van der Waals surface area contributed by atoms with Gasteiger partial charge in [0.1, 0.15) is 5.75 Å². The lowest BCUT2D eigenvalue weighted by Crippen LogP contribution is -2.37. The average molecular weight is 679 g/mol. The molecule has 11 heteroatoms. The van der Waals surface area contributed by atoms with Crippen LogP contribution in [0.4, 0.5) is 5.69 Å². The van der Waals surface area contributed by atoms with E-state index in [1.165, 1.54) is 19.2 Å². The zero-order valence-corrected chi connectivity index (χ0v) is 24.9. The predicted molar refractivity (Wildman–Crippen MR) is 159 cm³/mol. The van der Waals surface area contributed by atoms with Gasteiger partial charge in [0, 0.05) is 34.7 Å². The van der Waals surface area contributed by atoms with Crippen LogP contribution in [-0.4, -0.2) is 63.4 Å². The van der Waals surface area contributed by atoms with Gasteiger partial charge in [0.25, 0.3) is 5.91 Å². The summed E-state index contributed by atoms with van der Waals surface area (Å²) in [5.74, 6) is 0.109. The van der Waals surface area contributed by atoms with Crippen LogP contribution in [0.3, 0.4) is 0 Å². The number of hydrogen-bond acceptors (Lipinski definition) is 7. The van der Waals surface area contributed by atoms with Gasteiger partial charge >= 0.3 is 0 Å². The van der Waals surface area contributed by atoms with E-state index in [1.807, 2.05) is 42.5 Å². The molecule has 3 aromatic carbocycles. The number of amides is 1. The summed E-state index contributed by atoms with van der Waals surface area (Å²) in [6.45, 7) is -0.471. The van der Waals surface area contributed by atoms with Gasteiger partial charge in [0.2, 0.25) is 16.3 Å². The van der Waals surface area contributed by atoms with E-state index in [4.69, 9.17) is 14.2 Å². The van der Waals surface area contributed by atoms with Gasteiger partial charge < -0.3 is 24.6 Å². The number of carbonyl (C=O) groups excluding carboxylic acids is 1. The second-order valence-corrected chi connectivity index (χ2v) is 12.1. The molecule has 0 fully saturated rings. The summed E-state index contributed by atoms with van der Waals surface area (Å²) in [5.41, 5.74) is 1.64. The van der Waals surface area contributed by atoms with E-state index in [-0.39, 0.29) is 42.9 Å². The highest BCUT2D eigenvalue weighted by molar-refractivity contribution is 14.1. The number of methoxy groups -OCH3 is 1. The van der Waals surface area contributed by atoms with Crippen molar-refractivity contribution in [2.24, 2.45) is 0 Å². The number of hydrogen-bond donors (Lipinski definition) is 2. The molecule has 0 radical (unpaired) electrons. The average Bonchev–Trinajstić information content (AvgIpc) is 2.97. The predicted octanol–water partition coefficient (Wildman–Crippen LogP) is 4.35. The lowest BCUT2D eigenvalue weighted by atomic mass is 9.93. The second-order valence-electron chi connectivity index (χ2n) is 8.97. The maximum absolute atomic E-state index is 13.2. The maximum atomic E-state index is 13.2. The fraction of sp³-hybridized carbons (Fsp3) is 0.276. The molecule has 0 saturated carbocycles. The minimum Gasteiger partial charge on any atom is -0.497 e. The van der Waals surface area contributed by atoms with Crippen molar-refractivity contribution >= 4 is 44.2 Å². The highest BCUT2D eigenvalue weighted by Crippen LogP contribution is 2.32. The number of aliphatic hydroxyl groups is 1. The molecule has 0 unspecified atom stereocenters. The number of halogens is 1. The summed E-state index contributed by atoms with van der Waals surface area (Å²) in [6, 6.07) is 23.1. The molecule has 1 amide bonds. The number of rotatable bonds is 12. The van der Waals surface area contributed by atoms with Gasteiger partial charge in [-0.3, -0.25) is 4.79 Å². The first kappa shape index (κ1) is 30.0. The van der Waals surface area contributed by atoms with E-state index in [9.17, 15) is 18.3 Å². The number of para-hydroxylation sites is 1. The molecule has 1 heterocycles. The molecule has 0 spiro atoms. The first-order valence-electron chi connectivity index (χ1n) is 12.7. The number of nitrogens with one attached hydrogen (secondary N) is 1. The minimum absolute atomic E-state index is 0.00690. The molecule has 212 valence electrons. The zero-order valence-electron chi connectivity index (χ0n) is 21.9. The SMILES string of the molecule is COc1ccc(S(=O)(=O)N(CCO)CCO[C@@H]2C[C@H](c3ccc(I)cc3)C=C(C(=O)Nc3ccccc3)O2)cc1. The highest BCUT2D eigenvalue weighted by atomic mass is 127. The van der Waals surface area contributed by atoms with E-state index in [0.29, 0.717) is 17.9 Å². The standard InChI is InChI=1S/C29H31IN2O7S/c1-37-25-11-13-26(14-12-25)40(35,36)32(15-17-33)16-18-38-28-20-22(21-7-9-23(30)10-8-21)19-27(39-28)29(34)31-24-5-3-2-4-6-24/h2-14,19,22,28,33H,15-18,20H2,1H3,(H,31,34)/t22-,28+/m1/s1. The summed E-state index contributed by atoms with van der Waals surface area (Å²) < 4.78 is 45.7. The van der Waals surface area contributed by atoms with Gasteiger partial charge in [-0.05, 0) is 82.8 Å². The van der Waals surface area contributed by atoms with Crippen LogP contribution in [-0.2, 0) is 24.3 Å². The molecule has 0 aliphatic carbocycles. The van der Waals surface area contributed by atoms with Crippen LogP contribution >= 0.6 is 22.6 Å². The summed E-state index contributed by atoms with van der Waals surface area (Å²) >= 11 is 2.24. The van der Waals surface area contributed by atoms with Crippen LogP contribution < -0.4 is 10.1 Å². The Balaban J connectivity index is 1.46. The number of benzene rings is 3. The first-order valence-corrected chi connectivity index (χ1v) is 15.2. The number of anilines is 1. The maximum Gasteiger partial charge on any atom is 0.290 e. The fourth-order valence-corrected chi connectivity index (χ4v) is 6.00. The van der Waals surface area contributed by atoms with E-state index in [2.05, 4.69) is 27.9 Å². The molecule has 0 bridgehead atoms. The Morgan fingerprint density at radius 3 is 2.40 bits per heavy atom. The minimum atomic E-state index is -3.89. The van der Waals surface area contributed by atoms with Gasteiger partial charge in [-0.25, -0.2) is 8.42 Å². The lowest BCUT2D eigenvalue weighted by Gasteiger charge is -2.30. The number of nitrogens with zero attached hydrogens (tertiary/aromatic N) is 1. The molecule has 40 heavy (non-hydrogen) atoms. The molecule has 9 nitrogen and oxygen atoms in total. The van der Waals surface area contributed by atoms with Crippen molar-refractivity contribution < 1.29 is 32.5 Å². The number of carbonyl (C=O) groups is 1. The van der Waals surface area contributed by atoms with Crippen molar-refractivity contribution in [2.45, 2.75) is 23.5 Å². The number of allylic oxidation sites excluding steroid dienone is 1. The third-order valence-corrected chi connectivity index (χ3v) is 8.93. The van der Waals surface area contributed by atoms with Crippen molar-refractivity contribution in [3.8, 4) is 5.75 Å². The normalized spacial score (nSPS) is 17.1. The summed E-state index contributed by atoms with van der Waals surface area (Å²) in [5, 5.41) is 12.4. The van der Waals surface area contributed by atoms with E-state index >= 15 is 0 Å². The van der Waals surface area contributed by atoms with Crippen molar-refractivity contribution in [3.63, 3.8) is 0 Å². The van der Waals surface area contributed by atoms with E-state index < -0.39 is 22.2 Å². The molecule has 2 N–H and O–H groups in total. The Bertz CT molecular complexity index is 1400. The molecule has 3 aromatic rings. The third kappa shape index (κ3) is 7.82. The quantitative estimate of drug-likeness (QED) is 0.274. The zero-order chi connectivity index (χ0) is 28.5. The summed E-state index contributed by atoms with van der Waals surface area (Å²) in [4.78, 5) is 13.1. The van der Waals surface area contributed by atoms with Gasteiger partial charge in [0.15, 0.2) is 5.76 Å². The highest BCUT2D eigenvalue weighted by Gasteiger charge is 2.30. The molecular weight excluding hydrogens is 647 g/mol. The van der Waals surface area contributed by atoms with Crippen molar-refractivity contribution in [3.05, 3.63) is 99.8 Å². The van der Waals surface area contributed by atoms with Crippen LogP contribution in [0.15, 0.2) is 95.6 Å². The van der Waals surface area contributed by atoms with Crippen molar-refractivity contribution in [2.75, 3.05) is 38.7 Å². The number of sulfonamides is 1. The topological polar surface area (TPSA) is 114 Å². The Hall–Kier alpha value is -2.97. The third-order valence-electron chi connectivity index (χ3n) is 6.30. The summed E-state index contributed by atoms with van der Waals surface area (Å²) in [7, 11) is -2.39. The van der Waals surface area contributed by atoms with Crippen LogP contribution in [0, 0.1) is 3.57 Å². The molecule has 1 aliphatic rings. The molecule has 0 aromatic heterocycles. The van der Waals surface area contributed by atoms with E-state index in [1.54, 1.807) is 30.3 Å². The number of ether oxygens (including phenoxy) is 3. The van der Waals surface area contributed by atoms with Crippen LogP contribution in [0.25, 0.3) is 0 Å². The summed E-state index contributed by atoms with van der Waals surface area (Å²) in [6.07, 6.45) is 1.44. The molecule has 2 atom stereocenters. The Morgan fingerprint density at radius 1 is 1.05 bits per heavy atom. The Morgan fingerprint density at radius 2 is 1.75 bits per heavy atom. The first-order chi connectivity index (χ1) is 19.3. The number of aliphatic hydroxyl groups excluding tert-OH is 1. The van der Waals surface area contributed by atoms with Crippen LogP contribution in [0.1, 0.15) is 17.9 Å². The Kier molecular flexibility index (Phi) is 10.6. The molecule has 1 aliphatic heterocycles. The van der Waals surface area contributed by atoms with Gasteiger partial charge in [-0.2, -0.15) is 4.31 Å². The monoisotopic (exact) mass is 678 g/mol. The largest absolute Gasteiger partial charge is 0.497 e. The molecular formula is C29H31IN2O7S. The van der Waals surface area contributed by atoms with Crippen molar-refractivity contribution in [1.82, 2.24) is 4.31 Å². The van der Waals surface area contributed by atoms with Gasteiger partial charge in [-0.15, -0.1) is 0 Å². The molecule has 4 rings (SSSR count). The van der Waals surface area contributed by atoms with Gasteiger partial charge in [0.05, 0.1) is 25.2 Å². The van der Waals surface area contributed by atoms with Crippen LogP contribution in [0.5, 0.6) is 5.75 Å². The molecule has 0 saturated heterocycles. The lowest BCUT2D eigenvalue weighted by molar-refractivity contribution is -0.143. The fourth-order valence-electron chi connectivity index (χ4n) is 4.22. The van der Waals surface area contributed by atoms with Gasteiger partial charge in [-0.1, -0.05) is 30.3 Å².